The maximum atomic E-state index is 10.6. The lowest BCUT2D eigenvalue weighted by atomic mass is 9.66. The van der Waals surface area contributed by atoms with E-state index in [0.717, 1.165) is 35.1 Å². The highest BCUT2D eigenvalue weighted by Gasteiger charge is 2.49. The Morgan fingerprint density at radius 3 is 2.76 bits per heavy atom. The first-order valence-electron chi connectivity index (χ1n) is 9.94. The molecule has 4 heterocycles. The molecule has 0 aliphatic heterocycles. The Morgan fingerprint density at radius 1 is 1.41 bits per heavy atom. The molecule has 1 aliphatic rings. The number of aliphatic carboxylic acids is 1. The third kappa shape index (κ3) is 4.32. The number of carboxylic acid groups (broad SMARTS) is 1. The molecule has 2 N–H and O–H groups in total. The van der Waals surface area contributed by atoms with Crippen LogP contribution in [0.3, 0.4) is 0 Å². The van der Waals surface area contributed by atoms with Gasteiger partial charge in [0.05, 0.1) is 29.9 Å². The normalized spacial score (nSPS) is 19.7. The number of nitriles is 1. The summed E-state index contributed by atoms with van der Waals surface area (Å²) in [4.78, 5) is 25.0. The van der Waals surface area contributed by atoms with Gasteiger partial charge in [-0.3, -0.25) is 4.68 Å². The first-order valence-corrected chi connectivity index (χ1v) is 9.94. The summed E-state index contributed by atoms with van der Waals surface area (Å²) in [5.41, 5.74) is 2.15. The maximum Gasteiger partial charge on any atom is 0.490 e. The molecule has 0 saturated heterocycles. The van der Waals surface area contributed by atoms with Crippen molar-refractivity contribution in [3.05, 3.63) is 42.7 Å². The van der Waals surface area contributed by atoms with Gasteiger partial charge in [0, 0.05) is 29.3 Å². The van der Waals surface area contributed by atoms with Crippen LogP contribution in [0.5, 0.6) is 0 Å². The van der Waals surface area contributed by atoms with Gasteiger partial charge in [0.2, 0.25) is 5.89 Å². The van der Waals surface area contributed by atoms with Crippen molar-refractivity contribution in [1.82, 2.24) is 34.9 Å². The van der Waals surface area contributed by atoms with E-state index in [1.165, 1.54) is 6.33 Å². The van der Waals surface area contributed by atoms with E-state index >= 15 is 0 Å². The molecule has 14 heteroatoms. The van der Waals surface area contributed by atoms with Crippen molar-refractivity contribution in [2.24, 2.45) is 0 Å². The second kappa shape index (κ2) is 8.58. The van der Waals surface area contributed by atoms with Crippen molar-refractivity contribution < 1.29 is 27.6 Å². The number of carboxylic acids is 1. The van der Waals surface area contributed by atoms with Gasteiger partial charge in [-0.2, -0.15) is 28.5 Å². The number of carbonyl (C=O) groups is 1. The van der Waals surface area contributed by atoms with Crippen LogP contribution in [0.25, 0.3) is 22.3 Å². The quantitative estimate of drug-likeness (QED) is 0.452. The van der Waals surface area contributed by atoms with Crippen molar-refractivity contribution >= 4 is 17.0 Å². The first-order chi connectivity index (χ1) is 16.1. The number of hydrogen-bond acceptors (Lipinski definition) is 8. The first kappa shape index (κ1) is 22.9. The minimum absolute atomic E-state index is 0.155. The van der Waals surface area contributed by atoms with Gasteiger partial charge in [0.25, 0.3) is 0 Å². The van der Waals surface area contributed by atoms with Gasteiger partial charge in [0.1, 0.15) is 12.0 Å². The Hall–Kier alpha value is -4.28. The maximum absolute atomic E-state index is 10.6. The molecule has 176 valence electrons. The number of nitrogens with zero attached hydrogens (tertiary/aromatic N) is 7. The fourth-order valence-corrected chi connectivity index (χ4v) is 3.88. The van der Waals surface area contributed by atoms with E-state index < -0.39 is 12.1 Å². The molecule has 34 heavy (non-hydrogen) atoms. The fourth-order valence-electron chi connectivity index (χ4n) is 3.88. The van der Waals surface area contributed by atoms with Crippen LogP contribution in [0.1, 0.15) is 36.9 Å². The van der Waals surface area contributed by atoms with Crippen molar-refractivity contribution in [2.75, 3.05) is 0 Å². The number of H-pyrrole nitrogens is 1. The molecule has 0 bridgehead atoms. The zero-order valence-corrected chi connectivity index (χ0v) is 17.6. The van der Waals surface area contributed by atoms with E-state index in [1.54, 1.807) is 13.1 Å². The molecule has 0 amide bonds. The highest BCUT2D eigenvalue weighted by atomic mass is 19.4. The summed E-state index contributed by atoms with van der Waals surface area (Å²) in [7, 11) is 0. The molecule has 1 fully saturated rings. The third-order valence-electron chi connectivity index (χ3n) is 5.49. The summed E-state index contributed by atoms with van der Waals surface area (Å²) in [5, 5.41) is 25.8. The van der Waals surface area contributed by atoms with Crippen LogP contribution in [0.4, 0.5) is 13.2 Å². The van der Waals surface area contributed by atoms with Gasteiger partial charge in [-0.1, -0.05) is 5.16 Å². The number of aryl methyl sites for hydroxylation is 1. The molecule has 0 unspecified atom stereocenters. The van der Waals surface area contributed by atoms with E-state index in [9.17, 15) is 18.4 Å². The highest BCUT2D eigenvalue weighted by Crippen LogP contribution is 2.51. The summed E-state index contributed by atoms with van der Waals surface area (Å²) >= 11 is 0. The summed E-state index contributed by atoms with van der Waals surface area (Å²) in [6.45, 7) is 1.80. The molecule has 4 aromatic rings. The highest BCUT2D eigenvalue weighted by molar-refractivity contribution is 5.90. The Kier molecular flexibility index (Phi) is 5.78. The smallest absolute Gasteiger partial charge is 0.475 e. The summed E-state index contributed by atoms with van der Waals surface area (Å²) in [6.07, 6.45) is 3.90. The van der Waals surface area contributed by atoms with Crippen LogP contribution in [0.15, 0.2) is 35.5 Å². The number of nitrogens with one attached hydrogen (secondary N) is 1. The van der Waals surface area contributed by atoms with Crippen molar-refractivity contribution in [2.45, 2.75) is 43.8 Å². The summed E-state index contributed by atoms with van der Waals surface area (Å²) in [6, 6.07) is 4.25. The second-order valence-corrected chi connectivity index (χ2v) is 7.78. The SMILES string of the molecule is Cc1noc([C@H]2C[C@@](CC#N)(n3cc(-c4ncnc5[nH]ccc45)cn3)C2)n1.O=C(O)C(F)(F)F. The van der Waals surface area contributed by atoms with E-state index in [-0.39, 0.29) is 11.5 Å². The lowest BCUT2D eigenvalue weighted by Crippen LogP contribution is -2.45. The molecule has 0 atom stereocenters. The molecular formula is C20H17F3N8O3. The molecular weight excluding hydrogens is 457 g/mol. The predicted molar refractivity (Wildman–Crippen MR) is 108 cm³/mol. The van der Waals surface area contributed by atoms with Crippen LogP contribution < -0.4 is 0 Å². The number of hydrogen-bond donors (Lipinski definition) is 2. The molecule has 11 nitrogen and oxygen atoms in total. The molecule has 1 saturated carbocycles. The number of aromatic amines is 1. The zero-order valence-electron chi connectivity index (χ0n) is 17.6. The number of rotatable bonds is 4. The third-order valence-corrected chi connectivity index (χ3v) is 5.49. The van der Waals surface area contributed by atoms with Crippen LogP contribution in [-0.4, -0.2) is 52.1 Å². The topological polar surface area (TPSA) is 159 Å². The van der Waals surface area contributed by atoms with Crippen LogP contribution in [0, 0.1) is 18.3 Å². The van der Waals surface area contributed by atoms with E-state index in [4.69, 9.17) is 14.4 Å². The lowest BCUT2D eigenvalue weighted by Gasteiger charge is -2.44. The summed E-state index contributed by atoms with van der Waals surface area (Å²) in [5.74, 6) is -1.34. The van der Waals surface area contributed by atoms with Crippen molar-refractivity contribution in [3.63, 3.8) is 0 Å². The predicted octanol–water partition coefficient (Wildman–Crippen LogP) is 3.33. The molecule has 0 radical (unpaired) electrons. The molecule has 0 spiro atoms. The fraction of sp³-hybridized carbons (Fsp3) is 0.350. The van der Waals surface area contributed by atoms with Crippen molar-refractivity contribution in [3.8, 4) is 17.3 Å². The van der Waals surface area contributed by atoms with Gasteiger partial charge in [-0.25, -0.2) is 14.8 Å². The van der Waals surface area contributed by atoms with Gasteiger partial charge >= 0.3 is 12.1 Å². The number of fused-ring (bicyclic) bond motifs is 1. The Morgan fingerprint density at radius 2 is 2.15 bits per heavy atom. The standard InChI is InChI=1S/C18H16N8O.C2HF3O2/c1-11-24-17(27-25-11)12-6-18(7-12,3-4-19)26-9-13(8-23-26)15-14-2-5-20-16(14)22-10-21-15;3-2(4,5)1(6)7/h2,5,8-10,12H,3,6-7H2,1H3,(H,20,21,22);(H,6,7)/t12-,18+;. The van der Waals surface area contributed by atoms with Crippen molar-refractivity contribution in [1.29, 1.82) is 5.26 Å². The number of aromatic nitrogens is 7. The average molecular weight is 474 g/mol. The van der Waals surface area contributed by atoms with E-state index in [0.29, 0.717) is 18.1 Å². The Bertz CT molecular complexity index is 1360. The zero-order chi connectivity index (χ0) is 24.5. The average Bonchev–Trinajstić information content (AvgIpc) is 3.50. The van der Waals surface area contributed by atoms with Crippen LogP contribution in [-0.2, 0) is 10.3 Å². The molecule has 5 rings (SSSR count). The second-order valence-electron chi connectivity index (χ2n) is 7.78. The minimum Gasteiger partial charge on any atom is -0.475 e. The number of alkyl halides is 3. The Balaban J connectivity index is 0.000000344. The van der Waals surface area contributed by atoms with Gasteiger partial charge in [0.15, 0.2) is 5.82 Å². The summed E-state index contributed by atoms with van der Waals surface area (Å²) < 4.78 is 38.9. The Labute approximate surface area is 189 Å². The van der Waals surface area contributed by atoms with Gasteiger partial charge in [-0.15, -0.1) is 0 Å². The lowest BCUT2D eigenvalue weighted by molar-refractivity contribution is -0.192. The molecule has 0 aromatic carbocycles. The number of halogens is 3. The van der Waals surface area contributed by atoms with Crippen LogP contribution >= 0.6 is 0 Å². The minimum atomic E-state index is -5.08. The monoisotopic (exact) mass is 474 g/mol. The van der Waals surface area contributed by atoms with Gasteiger partial charge < -0.3 is 14.6 Å². The van der Waals surface area contributed by atoms with Gasteiger partial charge in [-0.05, 0) is 25.8 Å². The molecule has 4 aromatic heterocycles. The molecule has 1 aliphatic carbocycles. The van der Waals surface area contributed by atoms with E-state index in [2.05, 4.69) is 36.3 Å². The van der Waals surface area contributed by atoms with E-state index in [1.807, 2.05) is 23.1 Å². The van der Waals surface area contributed by atoms with Crippen LogP contribution in [0.2, 0.25) is 0 Å². The largest absolute Gasteiger partial charge is 0.490 e.